The fourth-order valence-electron chi connectivity index (χ4n) is 3.04. The van der Waals surface area contributed by atoms with Gasteiger partial charge in [0.25, 0.3) is 0 Å². The number of hydrogen-bond donors (Lipinski definition) is 1. The predicted octanol–water partition coefficient (Wildman–Crippen LogP) is 3.35. The predicted molar refractivity (Wildman–Crippen MR) is 107 cm³/mol. The summed E-state index contributed by atoms with van der Waals surface area (Å²) in [4.78, 5) is 26.5. The Balaban J connectivity index is 1.86. The van der Waals surface area contributed by atoms with Crippen LogP contribution >= 0.6 is 0 Å². The zero-order chi connectivity index (χ0) is 19.6. The van der Waals surface area contributed by atoms with Gasteiger partial charge in [-0.15, -0.1) is 0 Å². The third-order valence-electron chi connectivity index (χ3n) is 4.57. The molecule has 27 heavy (non-hydrogen) atoms. The summed E-state index contributed by atoms with van der Waals surface area (Å²) in [6, 6.07) is 17.3. The van der Waals surface area contributed by atoms with Crippen molar-refractivity contribution in [1.29, 1.82) is 0 Å². The first kappa shape index (κ1) is 20.5. The Morgan fingerprint density at radius 1 is 1.11 bits per heavy atom. The molecule has 0 radical (unpaired) electrons. The third-order valence-corrected chi connectivity index (χ3v) is 4.57. The molecule has 2 aromatic carbocycles. The standard InChI is InChI=1S/C22H28N2O3/c1-4-24(17(2)19-11-8-12-20(16-19)27-3)22(26)13-14-23-21(25)15-18-9-6-5-7-10-18/h5-12,16-17H,4,13-15H2,1-3H3,(H,23,25). The van der Waals surface area contributed by atoms with Crippen molar-refractivity contribution in [3.63, 3.8) is 0 Å². The van der Waals surface area contributed by atoms with Crippen LogP contribution in [0, 0.1) is 0 Å². The van der Waals surface area contributed by atoms with E-state index in [1.165, 1.54) is 0 Å². The lowest BCUT2D eigenvalue weighted by Gasteiger charge is -2.29. The van der Waals surface area contributed by atoms with Gasteiger partial charge in [0.05, 0.1) is 19.6 Å². The van der Waals surface area contributed by atoms with Crippen LogP contribution in [0.3, 0.4) is 0 Å². The first-order valence-electron chi connectivity index (χ1n) is 9.29. The minimum Gasteiger partial charge on any atom is -0.497 e. The van der Waals surface area contributed by atoms with Crippen LogP contribution in [0.5, 0.6) is 5.75 Å². The Morgan fingerprint density at radius 2 is 1.85 bits per heavy atom. The van der Waals surface area contributed by atoms with Crippen molar-refractivity contribution >= 4 is 11.8 Å². The van der Waals surface area contributed by atoms with Crippen LogP contribution in [0.25, 0.3) is 0 Å². The van der Waals surface area contributed by atoms with Gasteiger partial charge in [0.15, 0.2) is 0 Å². The molecular weight excluding hydrogens is 340 g/mol. The van der Waals surface area contributed by atoms with Gasteiger partial charge in [-0.05, 0) is 37.1 Å². The Hall–Kier alpha value is -2.82. The average Bonchev–Trinajstić information content (AvgIpc) is 2.69. The first-order valence-corrected chi connectivity index (χ1v) is 9.29. The average molecular weight is 368 g/mol. The molecule has 0 aromatic heterocycles. The summed E-state index contributed by atoms with van der Waals surface area (Å²) in [6.07, 6.45) is 0.607. The maximum atomic E-state index is 12.6. The summed E-state index contributed by atoms with van der Waals surface area (Å²) in [7, 11) is 1.63. The minimum absolute atomic E-state index is 0.0211. The van der Waals surface area contributed by atoms with Crippen molar-refractivity contribution in [3.05, 3.63) is 65.7 Å². The summed E-state index contributed by atoms with van der Waals surface area (Å²) in [5, 5.41) is 2.83. The number of hydrogen-bond acceptors (Lipinski definition) is 3. The molecule has 144 valence electrons. The fourth-order valence-corrected chi connectivity index (χ4v) is 3.04. The van der Waals surface area contributed by atoms with Gasteiger partial charge in [0, 0.05) is 19.5 Å². The summed E-state index contributed by atoms with van der Waals surface area (Å²) >= 11 is 0. The molecule has 0 bridgehead atoms. The van der Waals surface area contributed by atoms with E-state index in [1.54, 1.807) is 7.11 Å². The molecule has 0 fully saturated rings. The van der Waals surface area contributed by atoms with Crippen LogP contribution < -0.4 is 10.1 Å². The van der Waals surface area contributed by atoms with E-state index in [4.69, 9.17) is 4.74 Å². The molecular formula is C22H28N2O3. The number of carbonyl (C=O) groups excluding carboxylic acids is 2. The summed E-state index contributed by atoms with van der Waals surface area (Å²) in [5.74, 6) is 0.724. The van der Waals surface area contributed by atoms with Crippen molar-refractivity contribution in [2.75, 3.05) is 20.2 Å². The van der Waals surface area contributed by atoms with Crippen LogP contribution in [0.4, 0.5) is 0 Å². The number of nitrogens with one attached hydrogen (secondary N) is 1. The highest BCUT2D eigenvalue weighted by atomic mass is 16.5. The normalized spacial score (nSPS) is 11.5. The van der Waals surface area contributed by atoms with Crippen molar-refractivity contribution in [2.45, 2.75) is 32.7 Å². The number of amides is 2. The quantitative estimate of drug-likeness (QED) is 0.738. The molecule has 0 spiro atoms. The summed E-state index contributed by atoms with van der Waals surface area (Å²) in [5.41, 5.74) is 1.99. The van der Waals surface area contributed by atoms with Crippen LogP contribution in [0.2, 0.25) is 0 Å². The maximum absolute atomic E-state index is 12.6. The van der Waals surface area contributed by atoms with E-state index < -0.39 is 0 Å². The molecule has 0 saturated carbocycles. The number of methoxy groups -OCH3 is 1. The van der Waals surface area contributed by atoms with E-state index in [-0.39, 0.29) is 24.3 Å². The topological polar surface area (TPSA) is 58.6 Å². The molecule has 1 N–H and O–H groups in total. The summed E-state index contributed by atoms with van der Waals surface area (Å²) < 4.78 is 5.27. The molecule has 2 amide bonds. The monoisotopic (exact) mass is 368 g/mol. The maximum Gasteiger partial charge on any atom is 0.224 e. The lowest BCUT2D eigenvalue weighted by atomic mass is 10.1. The van der Waals surface area contributed by atoms with Crippen LogP contribution in [-0.4, -0.2) is 36.9 Å². The largest absolute Gasteiger partial charge is 0.497 e. The van der Waals surface area contributed by atoms with E-state index >= 15 is 0 Å². The summed E-state index contributed by atoms with van der Waals surface area (Å²) in [6.45, 7) is 4.91. The van der Waals surface area contributed by atoms with Crippen molar-refractivity contribution in [2.24, 2.45) is 0 Å². The van der Waals surface area contributed by atoms with E-state index in [0.29, 0.717) is 19.5 Å². The van der Waals surface area contributed by atoms with E-state index in [9.17, 15) is 9.59 Å². The van der Waals surface area contributed by atoms with Gasteiger partial charge in [0.1, 0.15) is 5.75 Å². The van der Waals surface area contributed by atoms with E-state index in [2.05, 4.69) is 5.32 Å². The van der Waals surface area contributed by atoms with Gasteiger partial charge in [-0.3, -0.25) is 9.59 Å². The highest BCUT2D eigenvalue weighted by Gasteiger charge is 2.20. The highest BCUT2D eigenvalue weighted by Crippen LogP contribution is 2.24. The number of nitrogens with zero attached hydrogens (tertiary/aromatic N) is 1. The smallest absolute Gasteiger partial charge is 0.224 e. The van der Waals surface area contributed by atoms with Gasteiger partial charge in [-0.25, -0.2) is 0 Å². The zero-order valence-electron chi connectivity index (χ0n) is 16.3. The van der Waals surface area contributed by atoms with Gasteiger partial charge < -0.3 is 15.0 Å². The zero-order valence-corrected chi connectivity index (χ0v) is 16.3. The van der Waals surface area contributed by atoms with Crippen molar-refractivity contribution in [3.8, 4) is 5.75 Å². The van der Waals surface area contributed by atoms with Gasteiger partial charge in [0.2, 0.25) is 11.8 Å². The Kier molecular flexibility index (Phi) is 7.86. The van der Waals surface area contributed by atoms with E-state index in [1.807, 2.05) is 73.3 Å². The second-order valence-corrected chi connectivity index (χ2v) is 6.39. The first-order chi connectivity index (χ1) is 13.0. The highest BCUT2D eigenvalue weighted by molar-refractivity contribution is 5.80. The molecule has 0 saturated heterocycles. The Morgan fingerprint density at radius 3 is 2.52 bits per heavy atom. The molecule has 0 aliphatic rings. The molecule has 0 aliphatic carbocycles. The van der Waals surface area contributed by atoms with Crippen molar-refractivity contribution in [1.82, 2.24) is 10.2 Å². The molecule has 2 aromatic rings. The third kappa shape index (κ3) is 6.13. The van der Waals surface area contributed by atoms with Crippen LogP contribution in [-0.2, 0) is 16.0 Å². The lowest BCUT2D eigenvalue weighted by Crippen LogP contribution is -2.36. The molecule has 1 atom stereocenters. The van der Waals surface area contributed by atoms with Crippen LogP contribution in [0.15, 0.2) is 54.6 Å². The lowest BCUT2D eigenvalue weighted by molar-refractivity contribution is -0.133. The Labute approximate surface area is 161 Å². The SMILES string of the molecule is CCN(C(=O)CCNC(=O)Cc1ccccc1)C(C)c1cccc(OC)c1. The second-order valence-electron chi connectivity index (χ2n) is 6.39. The number of rotatable bonds is 9. The Bertz CT molecular complexity index is 746. The van der Waals surface area contributed by atoms with Gasteiger partial charge >= 0.3 is 0 Å². The van der Waals surface area contributed by atoms with Gasteiger partial charge in [-0.2, -0.15) is 0 Å². The molecule has 5 nitrogen and oxygen atoms in total. The minimum atomic E-state index is -0.0714. The molecule has 0 heterocycles. The fraction of sp³-hybridized carbons (Fsp3) is 0.364. The number of benzene rings is 2. The van der Waals surface area contributed by atoms with Crippen LogP contribution in [0.1, 0.15) is 37.4 Å². The van der Waals surface area contributed by atoms with E-state index in [0.717, 1.165) is 16.9 Å². The molecule has 2 rings (SSSR count). The molecule has 5 heteroatoms. The van der Waals surface area contributed by atoms with Crippen molar-refractivity contribution < 1.29 is 14.3 Å². The number of ether oxygens (including phenoxy) is 1. The molecule has 1 unspecified atom stereocenters. The van der Waals surface area contributed by atoms with Gasteiger partial charge in [-0.1, -0.05) is 42.5 Å². The second kappa shape index (κ2) is 10.4. The molecule has 0 aliphatic heterocycles. The number of carbonyl (C=O) groups is 2.